The number of nitrogens with zero attached hydrogens (tertiary/aromatic N) is 5. The molecule has 2 aromatic carbocycles. The van der Waals surface area contributed by atoms with Crippen molar-refractivity contribution in [2.75, 3.05) is 22.5 Å². The van der Waals surface area contributed by atoms with Crippen LogP contribution in [-0.2, 0) is 16.0 Å². The molecule has 9 heteroatoms. The first-order chi connectivity index (χ1) is 16.6. The van der Waals surface area contributed by atoms with E-state index in [9.17, 15) is 9.59 Å². The molecule has 0 atom stereocenters. The van der Waals surface area contributed by atoms with Gasteiger partial charge < -0.3 is 10.2 Å². The standard InChI is InChI=1S/C25H22N6O2S/c1-2-17-7-9-19(10-8-17)31-24(18-11-13-26-14-12-18)28-29-25(31)34-16-23(33)30-15-22(32)27-20-5-3-4-6-21(20)30/h3-14H,2,15-16H2,1H3,(H,27,32). The van der Waals surface area contributed by atoms with E-state index in [0.29, 0.717) is 22.4 Å². The molecule has 0 spiro atoms. The van der Waals surface area contributed by atoms with Crippen molar-refractivity contribution in [2.45, 2.75) is 18.5 Å². The lowest BCUT2D eigenvalue weighted by molar-refractivity contribution is -0.120. The minimum Gasteiger partial charge on any atom is -0.323 e. The molecular weight excluding hydrogens is 448 g/mol. The minimum absolute atomic E-state index is 0.0101. The van der Waals surface area contributed by atoms with Crippen molar-refractivity contribution in [3.05, 3.63) is 78.6 Å². The second-order valence-corrected chi connectivity index (χ2v) is 8.67. The lowest BCUT2D eigenvalue weighted by Crippen LogP contribution is -2.43. The highest BCUT2D eigenvalue weighted by Gasteiger charge is 2.27. The fraction of sp³-hybridized carbons (Fsp3) is 0.160. The number of aryl methyl sites for hydroxylation is 1. The summed E-state index contributed by atoms with van der Waals surface area (Å²) in [6, 6.07) is 19.3. The molecule has 1 aliphatic heterocycles. The van der Waals surface area contributed by atoms with Gasteiger partial charge >= 0.3 is 0 Å². The number of benzene rings is 2. The molecule has 0 radical (unpaired) electrons. The monoisotopic (exact) mass is 470 g/mol. The molecule has 170 valence electrons. The number of rotatable bonds is 6. The van der Waals surface area contributed by atoms with E-state index in [4.69, 9.17) is 0 Å². The molecule has 1 N–H and O–H groups in total. The van der Waals surface area contributed by atoms with Crippen molar-refractivity contribution in [2.24, 2.45) is 0 Å². The van der Waals surface area contributed by atoms with Crippen LogP contribution in [0.15, 0.2) is 78.2 Å². The van der Waals surface area contributed by atoms with Gasteiger partial charge in [0.15, 0.2) is 11.0 Å². The maximum Gasteiger partial charge on any atom is 0.244 e. The van der Waals surface area contributed by atoms with E-state index in [1.54, 1.807) is 18.5 Å². The fourth-order valence-corrected chi connectivity index (χ4v) is 4.65. The highest BCUT2D eigenvalue weighted by Crippen LogP contribution is 2.31. The smallest absolute Gasteiger partial charge is 0.244 e. The minimum atomic E-state index is -0.212. The van der Waals surface area contributed by atoms with Crippen LogP contribution < -0.4 is 10.2 Å². The average molecular weight is 471 g/mol. The molecule has 5 rings (SSSR count). The molecule has 0 bridgehead atoms. The van der Waals surface area contributed by atoms with Gasteiger partial charge in [-0.1, -0.05) is 43.0 Å². The van der Waals surface area contributed by atoms with E-state index in [0.717, 1.165) is 17.7 Å². The maximum absolute atomic E-state index is 13.1. The molecular formula is C25H22N6O2S. The number of hydrogen-bond acceptors (Lipinski definition) is 6. The van der Waals surface area contributed by atoms with Crippen LogP contribution in [0.25, 0.3) is 17.1 Å². The summed E-state index contributed by atoms with van der Waals surface area (Å²) in [6.45, 7) is 2.10. The van der Waals surface area contributed by atoms with E-state index in [2.05, 4.69) is 39.6 Å². The summed E-state index contributed by atoms with van der Waals surface area (Å²) in [4.78, 5) is 30.9. The summed E-state index contributed by atoms with van der Waals surface area (Å²) in [5.41, 5.74) is 4.35. The largest absolute Gasteiger partial charge is 0.323 e. The number of amides is 2. The van der Waals surface area contributed by atoms with Gasteiger partial charge in [-0.05, 0) is 48.4 Å². The first-order valence-electron chi connectivity index (χ1n) is 10.9. The summed E-state index contributed by atoms with van der Waals surface area (Å²) < 4.78 is 1.95. The Balaban J connectivity index is 1.44. The molecule has 2 aromatic heterocycles. The fourth-order valence-electron chi connectivity index (χ4n) is 3.82. The molecule has 0 aliphatic carbocycles. The molecule has 2 amide bonds. The van der Waals surface area contributed by atoms with Gasteiger partial charge in [-0.2, -0.15) is 0 Å². The number of aromatic nitrogens is 4. The van der Waals surface area contributed by atoms with Crippen molar-refractivity contribution in [3.8, 4) is 17.1 Å². The highest BCUT2D eigenvalue weighted by molar-refractivity contribution is 7.99. The molecule has 34 heavy (non-hydrogen) atoms. The van der Waals surface area contributed by atoms with E-state index in [1.165, 1.54) is 22.2 Å². The predicted octanol–water partition coefficient (Wildman–Crippen LogP) is 3.97. The summed E-state index contributed by atoms with van der Waals surface area (Å²) in [7, 11) is 0. The average Bonchev–Trinajstić information content (AvgIpc) is 3.31. The van der Waals surface area contributed by atoms with Crippen LogP contribution in [0.5, 0.6) is 0 Å². The number of pyridine rings is 1. The van der Waals surface area contributed by atoms with Gasteiger partial charge in [-0.25, -0.2) is 0 Å². The number of carbonyl (C=O) groups excluding carboxylic acids is 2. The topological polar surface area (TPSA) is 93.0 Å². The second-order valence-electron chi connectivity index (χ2n) is 7.73. The van der Waals surface area contributed by atoms with E-state index in [1.807, 2.05) is 47.0 Å². The zero-order valence-electron chi connectivity index (χ0n) is 18.5. The molecule has 3 heterocycles. The summed E-state index contributed by atoms with van der Waals surface area (Å²) in [5, 5.41) is 12.2. The molecule has 0 saturated carbocycles. The third-order valence-corrected chi connectivity index (χ3v) is 6.48. The van der Waals surface area contributed by atoms with Crippen LogP contribution in [0.3, 0.4) is 0 Å². The van der Waals surface area contributed by atoms with Gasteiger partial charge in [-0.3, -0.25) is 19.1 Å². The lowest BCUT2D eigenvalue weighted by Gasteiger charge is -2.29. The molecule has 0 saturated heterocycles. The Morgan fingerprint density at radius 1 is 1.03 bits per heavy atom. The zero-order valence-corrected chi connectivity index (χ0v) is 19.3. The van der Waals surface area contributed by atoms with E-state index < -0.39 is 0 Å². The Bertz CT molecular complexity index is 1340. The van der Waals surface area contributed by atoms with E-state index >= 15 is 0 Å². The van der Waals surface area contributed by atoms with Crippen LogP contribution in [0.1, 0.15) is 12.5 Å². The SMILES string of the molecule is CCc1ccc(-n2c(SCC(=O)N3CC(=O)Nc4ccccc43)nnc2-c2ccncc2)cc1. The Kier molecular flexibility index (Phi) is 6.09. The summed E-state index contributed by atoms with van der Waals surface area (Å²) >= 11 is 1.30. The first kappa shape index (κ1) is 21.8. The number of nitrogens with one attached hydrogen (secondary N) is 1. The molecule has 0 unspecified atom stereocenters. The Labute approximate surface area is 201 Å². The number of para-hydroxylation sites is 2. The maximum atomic E-state index is 13.1. The van der Waals surface area contributed by atoms with Gasteiger partial charge in [-0.15, -0.1) is 10.2 Å². The van der Waals surface area contributed by atoms with Crippen molar-refractivity contribution in [3.63, 3.8) is 0 Å². The van der Waals surface area contributed by atoms with Gasteiger partial charge in [0.2, 0.25) is 11.8 Å². The van der Waals surface area contributed by atoms with Crippen LogP contribution in [0.4, 0.5) is 11.4 Å². The van der Waals surface area contributed by atoms with Crippen LogP contribution in [-0.4, -0.2) is 43.9 Å². The quantitative estimate of drug-likeness (QED) is 0.429. The first-order valence-corrected chi connectivity index (χ1v) is 11.9. The van der Waals surface area contributed by atoms with Crippen molar-refractivity contribution < 1.29 is 9.59 Å². The number of carbonyl (C=O) groups is 2. The predicted molar refractivity (Wildman–Crippen MR) is 132 cm³/mol. The van der Waals surface area contributed by atoms with Crippen LogP contribution in [0.2, 0.25) is 0 Å². The summed E-state index contributed by atoms with van der Waals surface area (Å²) in [5.74, 6) is 0.400. The number of thioether (sulfide) groups is 1. The van der Waals surface area contributed by atoms with Gasteiger partial charge in [0, 0.05) is 23.6 Å². The summed E-state index contributed by atoms with van der Waals surface area (Å²) in [6.07, 6.45) is 4.37. The van der Waals surface area contributed by atoms with Crippen LogP contribution >= 0.6 is 11.8 Å². The molecule has 4 aromatic rings. The lowest BCUT2D eigenvalue weighted by atomic mass is 10.1. The van der Waals surface area contributed by atoms with Crippen LogP contribution in [0, 0.1) is 0 Å². The number of hydrogen-bond donors (Lipinski definition) is 1. The van der Waals surface area contributed by atoms with Gasteiger partial charge in [0.25, 0.3) is 0 Å². The third-order valence-electron chi connectivity index (χ3n) is 5.57. The zero-order chi connectivity index (χ0) is 23.5. The Morgan fingerprint density at radius 2 is 1.79 bits per heavy atom. The molecule has 1 aliphatic rings. The number of fused-ring (bicyclic) bond motifs is 1. The van der Waals surface area contributed by atoms with E-state index in [-0.39, 0.29) is 24.1 Å². The Morgan fingerprint density at radius 3 is 2.56 bits per heavy atom. The Hall–Kier alpha value is -3.98. The second kappa shape index (κ2) is 9.48. The van der Waals surface area contributed by atoms with Crippen molar-refractivity contribution in [1.82, 2.24) is 19.7 Å². The normalized spacial score (nSPS) is 12.9. The van der Waals surface area contributed by atoms with Gasteiger partial charge in [0.05, 0.1) is 17.1 Å². The van der Waals surface area contributed by atoms with Crippen molar-refractivity contribution in [1.29, 1.82) is 0 Å². The molecule has 0 fully saturated rings. The highest BCUT2D eigenvalue weighted by atomic mass is 32.2. The van der Waals surface area contributed by atoms with Gasteiger partial charge in [0.1, 0.15) is 6.54 Å². The third kappa shape index (κ3) is 4.29. The molecule has 8 nitrogen and oxygen atoms in total. The number of anilines is 2. The van der Waals surface area contributed by atoms with Crippen molar-refractivity contribution >= 4 is 35.0 Å².